The van der Waals surface area contributed by atoms with Gasteiger partial charge in [0.05, 0.1) is 0 Å². The van der Waals surface area contributed by atoms with Gasteiger partial charge in [0.1, 0.15) is 11.6 Å². The Balaban J connectivity index is 3.15. The van der Waals surface area contributed by atoms with Crippen molar-refractivity contribution in [3.8, 4) is 6.07 Å². The van der Waals surface area contributed by atoms with Gasteiger partial charge in [-0.2, -0.15) is 5.26 Å². The molecule has 0 saturated carbocycles. The Morgan fingerprint density at radius 1 is 1.50 bits per heavy atom. The molecule has 4 heteroatoms. The van der Waals surface area contributed by atoms with Crippen LogP contribution in [0.15, 0.2) is 29.8 Å². The Morgan fingerprint density at radius 3 is 2.64 bits per heavy atom. The molecule has 3 nitrogen and oxygen atoms in total. The number of rotatable bonds is 2. The van der Waals surface area contributed by atoms with Crippen LogP contribution in [-0.2, 0) is 4.79 Å². The maximum Gasteiger partial charge on any atom is 0.259 e. The Labute approximate surface area is 86.4 Å². The van der Waals surface area contributed by atoms with Crippen molar-refractivity contribution in [3.63, 3.8) is 0 Å². The predicted molar refractivity (Wildman–Crippen MR) is 54.2 cm³/mol. The van der Waals surface area contributed by atoms with Crippen molar-refractivity contribution >= 4 is 23.6 Å². The second-order valence-corrected chi connectivity index (χ2v) is 2.96. The molecule has 0 aliphatic heterocycles. The molecule has 0 bridgehead atoms. The van der Waals surface area contributed by atoms with Gasteiger partial charge in [0.2, 0.25) is 0 Å². The third kappa shape index (κ3) is 2.35. The summed E-state index contributed by atoms with van der Waals surface area (Å²) >= 11 is 5.82. The van der Waals surface area contributed by atoms with Gasteiger partial charge in [-0.25, -0.2) is 0 Å². The predicted octanol–water partition coefficient (Wildman–Crippen LogP) is 1.73. The maximum absolute atomic E-state index is 10.7. The summed E-state index contributed by atoms with van der Waals surface area (Å²) < 4.78 is 0. The van der Waals surface area contributed by atoms with Crippen molar-refractivity contribution in [1.29, 1.82) is 5.26 Å². The molecule has 70 valence electrons. The summed E-state index contributed by atoms with van der Waals surface area (Å²) in [6, 6.07) is 8.59. The molecule has 0 aliphatic rings. The Morgan fingerprint density at radius 2 is 2.14 bits per heavy atom. The highest BCUT2D eigenvalue weighted by atomic mass is 35.5. The van der Waals surface area contributed by atoms with Crippen molar-refractivity contribution in [2.75, 3.05) is 0 Å². The number of carbonyl (C=O) groups is 1. The molecule has 0 spiro atoms. The van der Waals surface area contributed by atoms with Crippen LogP contribution in [0.3, 0.4) is 0 Å². The zero-order valence-corrected chi connectivity index (χ0v) is 7.95. The number of hydrogen-bond donors (Lipinski definition) is 1. The third-order valence-electron chi connectivity index (χ3n) is 1.59. The quantitative estimate of drug-likeness (QED) is 0.592. The SMILES string of the molecule is N#C/C(=C\c1ccccc1Cl)C(N)=O. The van der Waals surface area contributed by atoms with E-state index in [0.29, 0.717) is 10.6 Å². The first kappa shape index (κ1) is 10.3. The molecule has 2 N–H and O–H groups in total. The van der Waals surface area contributed by atoms with Crippen LogP contribution in [0.25, 0.3) is 6.08 Å². The van der Waals surface area contributed by atoms with Gasteiger partial charge in [-0.1, -0.05) is 29.8 Å². The molecule has 0 aliphatic carbocycles. The molecule has 1 aromatic carbocycles. The standard InChI is InChI=1S/C10H7ClN2O/c11-9-4-2-1-3-7(9)5-8(6-12)10(13)14/h1-5H,(H2,13,14)/b8-5+. The summed E-state index contributed by atoms with van der Waals surface area (Å²) in [7, 11) is 0. The van der Waals surface area contributed by atoms with Gasteiger partial charge >= 0.3 is 0 Å². The van der Waals surface area contributed by atoms with Crippen molar-refractivity contribution < 1.29 is 4.79 Å². The minimum Gasteiger partial charge on any atom is -0.365 e. The lowest BCUT2D eigenvalue weighted by Crippen LogP contribution is -2.12. The Hall–Kier alpha value is -1.79. The zero-order chi connectivity index (χ0) is 10.6. The first-order chi connectivity index (χ1) is 6.65. The lowest BCUT2D eigenvalue weighted by atomic mass is 10.1. The first-order valence-corrected chi connectivity index (χ1v) is 4.19. The van der Waals surface area contributed by atoms with E-state index in [1.165, 1.54) is 6.08 Å². The Kier molecular flexibility index (Phi) is 3.27. The second-order valence-electron chi connectivity index (χ2n) is 2.56. The number of nitrogens with zero attached hydrogens (tertiary/aromatic N) is 1. The van der Waals surface area contributed by atoms with E-state index >= 15 is 0 Å². The molecule has 1 amide bonds. The smallest absolute Gasteiger partial charge is 0.259 e. The maximum atomic E-state index is 10.7. The van der Waals surface area contributed by atoms with Crippen LogP contribution in [0.4, 0.5) is 0 Å². The average Bonchev–Trinajstić information content (AvgIpc) is 2.16. The highest BCUT2D eigenvalue weighted by Gasteiger charge is 2.04. The minimum atomic E-state index is -0.757. The molecule has 0 heterocycles. The molecule has 1 rings (SSSR count). The molecule has 0 atom stereocenters. The molecular formula is C10H7ClN2O. The van der Waals surface area contributed by atoms with Crippen molar-refractivity contribution in [2.24, 2.45) is 5.73 Å². The number of nitriles is 1. The number of nitrogens with two attached hydrogens (primary N) is 1. The summed E-state index contributed by atoms with van der Waals surface area (Å²) in [6.45, 7) is 0. The fraction of sp³-hybridized carbons (Fsp3) is 0. The van der Waals surface area contributed by atoms with Gasteiger partial charge in [-0.15, -0.1) is 0 Å². The molecule has 14 heavy (non-hydrogen) atoms. The molecule has 0 saturated heterocycles. The van der Waals surface area contributed by atoms with Gasteiger partial charge in [0.25, 0.3) is 5.91 Å². The van der Waals surface area contributed by atoms with E-state index < -0.39 is 5.91 Å². The van der Waals surface area contributed by atoms with Crippen LogP contribution in [0.2, 0.25) is 5.02 Å². The van der Waals surface area contributed by atoms with Gasteiger partial charge < -0.3 is 5.73 Å². The average molecular weight is 207 g/mol. The highest BCUT2D eigenvalue weighted by molar-refractivity contribution is 6.32. The van der Waals surface area contributed by atoms with Crippen LogP contribution in [0.1, 0.15) is 5.56 Å². The summed E-state index contributed by atoms with van der Waals surface area (Å²) in [6.07, 6.45) is 1.37. The summed E-state index contributed by atoms with van der Waals surface area (Å²) in [5.74, 6) is -0.757. The summed E-state index contributed by atoms with van der Waals surface area (Å²) in [4.78, 5) is 10.7. The van der Waals surface area contributed by atoms with E-state index in [0.717, 1.165) is 0 Å². The lowest BCUT2D eigenvalue weighted by molar-refractivity contribution is -0.114. The normalized spacial score (nSPS) is 10.7. The van der Waals surface area contributed by atoms with E-state index in [9.17, 15) is 4.79 Å². The van der Waals surface area contributed by atoms with Crippen LogP contribution < -0.4 is 5.73 Å². The number of amides is 1. The van der Waals surface area contributed by atoms with Crippen LogP contribution in [0, 0.1) is 11.3 Å². The second kappa shape index (κ2) is 4.45. The van der Waals surface area contributed by atoms with Crippen molar-refractivity contribution in [2.45, 2.75) is 0 Å². The molecule has 1 aromatic rings. The molecule has 0 radical (unpaired) electrons. The highest BCUT2D eigenvalue weighted by Crippen LogP contribution is 2.17. The number of carbonyl (C=O) groups excluding carboxylic acids is 1. The van der Waals surface area contributed by atoms with Gasteiger partial charge in [-0.05, 0) is 17.7 Å². The van der Waals surface area contributed by atoms with Gasteiger partial charge in [0, 0.05) is 5.02 Å². The largest absolute Gasteiger partial charge is 0.365 e. The summed E-state index contributed by atoms with van der Waals surface area (Å²) in [5, 5.41) is 9.06. The van der Waals surface area contributed by atoms with Crippen molar-refractivity contribution in [1.82, 2.24) is 0 Å². The fourth-order valence-electron chi connectivity index (χ4n) is 0.906. The number of benzene rings is 1. The number of halogens is 1. The molecule has 0 unspecified atom stereocenters. The number of primary amides is 1. The van der Waals surface area contributed by atoms with Crippen LogP contribution >= 0.6 is 11.6 Å². The zero-order valence-electron chi connectivity index (χ0n) is 7.20. The van der Waals surface area contributed by atoms with Crippen LogP contribution in [-0.4, -0.2) is 5.91 Å². The molecular weight excluding hydrogens is 200 g/mol. The van der Waals surface area contributed by atoms with Crippen LogP contribution in [0.5, 0.6) is 0 Å². The Bertz CT molecular complexity index is 432. The topological polar surface area (TPSA) is 66.9 Å². The van der Waals surface area contributed by atoms with E-state index in [2.05, 4.69) is 0 Å². The lowest BCUT2D eigenvalue weighted by Gasteiger charge is -1.97. The fourth-order valence-corrected chi connectivity index (χ4v) is 1.10. The summed E-state index contributed by atoms with van der Waals surface area (Å²) in [5.41, 5.74) is 5.46. The van der Waals surface area contributed by atoms with E-state index in [1.54, 1.807) is 30.3 Å². The third-order valence-corrected chi connectivity index (χ3v) is 1.94. The molecule has 0 aromatic heterocycles. The van der Waals surface area contributed by atoms with E-state index in [-0.39, 0.29) is 5.57 Å². The first-order valence-electron chi connectivity index (χ1n) is 3.81. The van der Waals surface area contributed by atoms with Gasteiger partial charge in [0.15, 0.2) is 0 Å². The van der Waals surface area contributed by atoms with Crippen molar-refractivity contribution in [3.05, 3.63) is 40.4 Å². The van der Waals surface area contributed by atoms with E-state index in [4.69, 9.17) is 22.6 Å². The number of hydrogen-bond acceptors (Lipinski definition) is 2. The molecule has 0 fully saturated rings. The van der Waals surface area contributed by atoms with E-state index in [1.807, 2.05) is 0 Å². The van der Waals surface area contributed by atoms with Gasteiger partial charge in [-0.3, -0.25) is 4.79 Å². The monoisotopic (exact) mass is 206 g/mol. The minimum absolute atomic E-state index is 0.113.